The van der Waals surface area contributed by atoms with E-state index in [1.807, 2.05) is 13.8 Å². The van der Waals surface area contributed by atoms with Gasteiger partial charge in [0, 0.05) is 29.1 Å². The SMILES string of the molecule is CC(C)C(NC(=O)c1ccc(S(=O)(=O)NC(C)(C)C)cc1)c1nc(-c2ccncc2)no1. The van der Waals surface area contributed by atoms with Gasteiger partial charge < -0.3 is 9.84 Å². The summed E-state index contributed by atoms with van der Waals surface area (Å²) in [5.74, 6) is 0.289. The van der Waals surface area contributed by atoms with Crippen molar-refractivity contribution in [3.05, 3.63) is 60.2 Å². The first-order chi connectivity index (χ1) is 15.0. The summed E-state index contributed by atoms with van der Waals surface area (Å²) in [6.07, 6.45) is 3.27. The van der Waals surface area contributed by atoms with Crippen LogP contribution in [-0.2, 0) is 10.0 Å². The van der Waals surface area contributed by atoms with Crippen molar-refractivity contribution < 1.29 is 17.7 Å². The average molecular weight is 458 g/mol. The zero-order chi connectivity index (χ0) is 23.5. The van der Waals surface area contributed by atoms with E-state index in [-0.39, 0.29) is 22.6 Å². The largest absolute Gasteiger partial charge is 0.340 e. The molecule has 0 aliphatic rings. The molecule has 1 amide bonds. The van der Waals surface area contributed by atoms with E-state index in [9.17, 15) is 13.2 Å². The van der Waals surface area contributed by atoms with Crippen molar-refractivity contribution >= 4 is 15.9 Å². The lowest BCUT2D eigenvalue weighted by Crippen LogP contribution is -2.40. The second kappa shape index (κ2) is 9.17. The van der Waals surface area contributed by atoms with Gasteiger partial charge in [-0.25, -0.2) is 13.1 Å². The first-order valence-corrected chi connectivity index (χ1v) is 11.6. The van der Waals surface area contributed by atoms with Crippen molar-refractivity contribution in [2.75, 3.05) is 0 Å². The smallest absolute Gasteiger partial charge is 0.251 e. The first kappa shape index (κ1) is 23.6. The summed E-state index contributed by atoms with van der Waals surface area (Å²) in [5.41, 5.74) is 0.460. The lowest BCUT2D eigenvalue weighted by Gasteiger charge is -2.20. The Bertz CT molecular complexity index is 1170. The average Bonchev–Trinajstić information content (AvgIpc) is 3.20. The third-order valence-corrected chi connectivity index (χ3v) is 6.24. The number of sulfonamides is 1. The molecule has 0 saturated carbocycles. The van der Waals surface area contributed by atoms with Gasteiger partial charge >= 0.3 is 0 Å². The molecule has 2 aromatic heterocycles. The van der Waals surface area contributed by atoms with Gasteiger partial charge in [-0.05, 0) is 63.1 Å². The molecule has 0 aliphatic carbocycles. The van der Waals surface area contributed by atoms with Crippen LogP contribution in [-0.4, -0.2) is 35.0 Å². The lowest BCUT2D eigenvalue weighted by atomic mass is 10.0. The fourth-order valence-electron chi connectivity index (χ4n) is 2.97. The standard InChI is InChI=1S/C22H27N5O4S/c1-14(2)18(21-25-19(26-31-21)15-10-12-23-13-11-15)24-20(28)16-6-8-17(9-7-16)32(29,30)27-22(3,4)5/h6-14,18,27H,1-5H3,(H,24,28). The summed E-state index contributed by atoms with van der Waals surface area (Å²) in [4.78, 5) is 21.3. The lowest BCUT2D eigenvalue weighted by molar-refractivity contribution is 0.0914. The van der Waals surface area contributed by atoms with E-state index in [1.54, 1.807) is 45.3 Å². The van der Waals surface area contributed by atoms with Crippen LogP contribution >= 0.6 is 0 Å². The van der Waals surface area contributed by atoms with Gasteiger partial charge in [0.1, 0.15) is 6.04 Å². The maximum atomic E-state index is 12.8. The van der Waals surface area contributed by atoms with Gasteiger partial charge in [0.25, 0.3) is 5.91 Å². The molecular formula is C22H27N5O4S. The quantitative estimate of drug-likeness (QED) is 0.557. The molecule has 1 aromatic carbocycles. The topological polar surface area (TPSA) is 127 Å². The second-order valence-electron chi connectivity index (χ2n) is 8.77. The fourth-order valence-corrected chi connectivity index (χ4v) is 4.38. The van der Waals surface area contributed by atoms with Gasteiger partial charge in [-0.15, -0.1) is 0 Å². The second-order valence-corrected chi connectivity index (χ2v) is 10.4. The van der Waals surface area contributed by atoms with E-state index in [0.717, 1.165) is 5.56 Å². The van der Waals surface area contributed by atoms with E-state index in [0.29, 0.717) is 11.4 Å². The van der Waals surface area contributed by atoms with Crippen molar-refractivity contribution in [2.24, 2.45) is 5.92 Å². The Labute approximate surface area is 187 Å². The summed E-state index contributed by atoms with van der Waals surface area (Å²) < 4.78 is 32.9. The molecule has 170 valence electrons. The Hall–Kier alpha value is -3.11. The van der Waals surface area contributed by atoms with Gasteiger partial charge in [-0.2, -0.15) is 4.98 Å². The van der Waals surface area contributed by atoms with Gasteiger partial charge in [0.2, 0.25) is 21.7 Å². The molecule has 9 nitrogen and oxygen atoms in total. The Morgan fingerprint density at radius 3 is 2.22 bits per heavy atom. The normalized spacial score (nSPS) is 13.2. The minimum absolute atomic E-state index is 0.0275. The molecule has 2 heterocycles. The van der Waals surface area contributed by atoms with Crippen LogP contribution in [0.25, 0.3) is 11.4 Å². The molecule has 0 radical (unpaired) electrons. The molecule has 1 atom stereocenters. The number of benzene rings is 1. The number of aromatic nitrogens is 3. The van der Waals surface area contributed by atoms with Crippen LogP contribution in [0.1, 0.15) is 56.9 Å². The van der Waals surface area contributed by atoms with Crippen molar-refractivity contribution in [1.29, 1.82) is 0 Å². The monoisotopic (exact) mass is 457 g/mol. The van der Waals surface area contributed by atoms with E-state index < -0.39 is 21.6 Å². The summed E-state index contributed by atoms with van der Waals surface area (Å²) in [6, 6.07) is 8.77. The third kappa shape index (κ3) is 5.77. The molecule has 0 aliphatic heterocycles. The highest BCUT2D eigenvalue weighted by atomic mass is 32.2. The van der Waals surface area contributed by atoms with E-state index in [1.165, 1.54) is 24.3 Å². The molecule has 0 bridgehead atoms. The Morgan fingerprint density at radius 1 is 1.03 bits per heavy atom. The van der Waals surface area contributed by atoms with Gasteiger partial charge in [-0.3, -0.25) is 9.78 Å². The molecule has 0 fully saturated rings. The number of pyridine rings is 1. The number of hydrogen-bond donors (Lipinski definition) is 2. The van der Waals surface area contributed by atoms with Crippen LogP contribution in [0, 0.1) is 5.92 Å². The molecule has 10 heteroatoms. The van der Waals surface area contributed by atoms with Crippen LogP contribution in [0.3, 0.4) is 0 Å². The highest BCUT2D eigenvalue weighted by Crippen LogP contribution is 2.24. The highest BCUT2D eigenvalue weighted by molar-refractivity contribution is 7.89. The molecule has 2 N–H and O–H groups in total. The van der Waals surface area contributed by atoms with Crippen LogP contribution in [0.5, 0.6) is 0 Å². The Morgan fingerprint density at radius 2 is 1.66 bits per heavy atom. The molecule has 3 rings (SSSR count). The molecule has 1 unspecified atom stereocenters. The predicted molar refractivity (Wildman–Crippen MR) is 119 cm³/mol. The zero-order valence-electron chi connectivity index (χ0n) is 18.7. The summed E-state index contributed by atoms with van der Waals surface area (Å²) in [5, 5.41) is 6.90. The van der Waals surface area contributed by atoms with Crippen LogP contribution in [0.2, 0.25) is 0 Å². The Kier molecular flexibility index (Phi) is 6.75. The number of nitrogens with one attached hydrogen (secondary N) is 2. The van der Waals surface area contributed by atoms with E-state index >= 15 is 0 Å². The Balaban J connectivity index is 1.77. The van der Waals surface area contributed by atoms with Crippen LogP contribution in [0.4, 0.5) is 0 Å². The number of hydrogen-bond acceptors (Lipinski definition) is 7. The number of carbonyl (C=O) groups excluding carboxylic acids is 1. The van der Waals surface area contributed by atoms with Crippen LogP contribution < -0.4 is 10.0 Å². The van der Waals surface area contributed by atoms with Gasteiger partial charge in [0.05, 0.1) is 4.90 Å². The number of rotatable bonds is 7. The van der Waals surface area contributed by atoms with Crippen molar-refractivity contribution in [1.82, 2.24) is 25.2 Å². The first-order valence-electron chi connectivity index (χ1n) is 10.2. The minimum atomic E-state index is -3.68. The van der Waals surface area contributed by atoms with Gasteiger partial charge in [0.15, 0.2) is 0 Å². The molecule has 0 saturated heterocycles. The predicted octanol–water partition coefficient (Wildman–Crippen LogP) is 3.34. The molecule has 3 aromatic rings. The minimum Gasteiger partial charge on any atom is -0.340 e. The summed E-state index contributed by atoms with van der Waals surface area (Å²) in [6.45, 7) is 9.13. The third-order valence-electron chi connectivity index (χ3n) is 4.47. The van der Waals surface area contributed by atoms with E-state index in [4.69, 9.17) is 4.52 Å². The van der Waals surface area contributed by atoms with Crippen molar-refractivity contribution in [2.45, 2.75) is 51.1 Å². The zero-order valence-corrected chi connectivity index (χ0v) is 19.5. The maximum absolute atomic E-state index is 12.8. The number of nitrogens with zero attached hydrogens (tertiary/aromatic N) is 3. The maximum Gasteiger partial charge on any atom is 0.251 e. The molecule has 0 spiro atoms. The summed E-state index contributed by atoms with van der Waals surface area (Å²) >= 11 is 0. The van der Waals surface area contributed by atoms with Crippen LogP contribution in [0.15, 0.2) is 58.2 Å². The van der Waals surface area contributed by atoms with E-state index in [2.05, 4.69) is 25.2 Å². The van der Waals surface area contributed by atoms with Gasteiger partial charge in [-0.1, -0.05) is 19.0 Å². The van der Waals surface area contributed by atoms with Crippen molar-refractivity contribution in [3.63, 3.8) is 0 Å². The number of amides is 1. The number of carbonyl (C=O) groups is 1. The molecular weight excluding hydrogens is 430 g/mol. The fraction of sp³-hybridized carbons (Fsp3) is 0.364. The molecule has 32 heavy (non-hydrogen) atoms. The van der Waals surface area contributed by atoms with Crippen molar-refractivity contribution in [3.8, 4) is 11.4 Å². The summed E-state index contributed by atoms with van der Waals surface area (Å²) in [7, 11) is -3.68. The highest BCUT2D eigenvalue weighted by Gasteiger charge is 2.26.